The minimum Gasteiger partial charge on any atom is -0.339 e. The Kier molecular flexibility index (Phi) is 4.72. The molecule has 0 bridgehead atoms. The third-order valence-electron chi connectivity index (χ3n) is 5.45. The van der Waals surface area contributed by atoms with Crippen molar-refractivity contribution in [2.45, 2.75) is 46.1 Å². The number of carbonyl (C=O) groups is 1. The van der Waals surface area contributed by atoms with E-state index in [2.05, 4.69) is 20.4 Å². The minimum absolute atomic E-state index is 0.143. The molecule has 7 heteroatoms. The molecule has 2 aromatic rings. The highest BCUT2D eigenvalue weighted by Crippen LogP contribution is 2.31. The second-order valence-electron chi connectivity index (χ2n) is 7.25. The summed E-state index contributed by atoms with van der Waals surface area (Å²) in [6.45, 7) is 7.07. The van der Waals surface area contributed by atoms with Crippen LogP contribution in [0.25, 0.3) is 11.4 Å². The second kappa shape index (κ2) is 7.15. The molecule has 2 aliphatic rings. The van der Waals surface area contributed by atoms with Gasteiger partial charge in [0.2, 0.25) is 17.6 Å². The first-order chi connectivity index (χ1) is 12.6. The maximum Gasteiger partial charge on any atom is 0.226 e. The molecule has 1 N–H and O–H groups in total. The number of amides is 1. The predicted octanol–water partition coefficient (Wildman–Crippen LogP) is 2.02. The van der Waals surface area contributed by atoms with Gasteiger partial charge in [-0.15, -0.1) is 0 Å². The van der Waals surface area contributed by atoms with Crippen LogP contribution in [-0.4, -0.2) is 45.6 Å². The third-order valence-corrected chi connectivity index (χ3v) is 5.45. The Balaban J connectivity index is 1.58. The van der Waals surface area contributed by atoms with Gasteiger partial charge in [0.05, 0.1) is 0 Å². The zero-order valence-electron chi connectivity index (χ0n) is 15.4. The van der Waals surface area contributed by atoms with Crippen molar-refractivity contribution in [1.82, 2.24) is 25.3 Å². The lowest BCUT2D eigenvalue weighted by Gasteiger charge is -2.32. The number of nitrogens with one attached hydrogen (secondary N) is 1. The molecule has 138 valence electrons. The van der Waals surface area contributed by atoms with Crippen LogP contribution in [-0.2, 0) is 17.8 Å². The molecule has 0 aliphatic carbocycles. The number of hydrogen-bond acceptors (Lipinski definition) is 6. The van der Waals surface area contributed by atoms with Crippen molar-refractivity contribution in [3.8, 4) is 11.4 Å². The van der Waals surface area contributed by atoms with Crippen LogP contribution in [0.15, 0.2) is 10.7 Å². The quantitative estimate of drug-likeness (QED) is 0.887. The van der Waals surface area contributed by atoms with E-state index in [1.54, 1.807) is 6.92 Å². The summed E-state index contributed by atoms with van der Waals surface area (Å²) in [4.78, 5) is 23.9. The molecule has 2 aliphatic heterocycles. The van der Waals surface area contributed by atoms with E-state index in [0.29, 0.717) is 18.3 Å². The van der Waals surface area contributed by atoms with E-state index in [1.165, 1.54) is 5.56 Å². The van der Waals surface area contributed by atoms with Gasteiger partial charge in [-0.05, 0) is 56.8 Å². The maximum atomic E-state index is 13.0. The fourth-order valence-corrected chi connectivity index (χ4v) is 4.06. The first kappa shape index (κ1) is 17.1. The molecule has 1 amide bonds. The summed E-state index contributed by atoms with van der Waals surface area (Å²) in [6.07, 6.45) is 5.69. The van der Waals surface area contributed by atoms with Crippen molar-refractivity contribution in [2.75, 3.05) is 19.6 Å². The van der Waals surface area contributed by atoms with Gasteiger partial charge >= 0.3 is 0 Å². The van der Waals surface area contributed by atoms with E-state index in [1.807, 2.05) is 18.0 Å². The lowest BCUT2D eigenvalue weighted by atomic mass is 9.92. The Bertz CT molecular complexity index is 808. The third kappa shape index (κ3) is 3.23. The number of nitrogens with zero attached hydrogens (tertiary/aromatic N) is 4. The molecule has 1 fully saturated rings. The Morgan fingerprint density at radius 2 is 2.19 bits per heavy atom. The minimum atomic E-state index is 0.143. The number of hydrogen-bond donors (Lipinski definition) is 1. The van der Waals surface area contributed by atoms with E-state index in [4.69, 9.17) is 4.52 Å². The molecule has 1 saturated heterocycles. The van der Waals surface area contributed by atoms with E-state index in [9.17, 15) is 4.79 Å². The van der Waals surface area contributed by atoms with E-state index in [-0.39, 0.29) is 11.8 Å². The van der Waals surface area contributed by atoms with E-state index >= 15 is 0 Å². The van der Waals surface area contributed by atoms with Crippen LogP contribution in [0.2, 0.25) is 0 Å². The zero-order chi connectivity index (χ0) is 18.1. The van der Waals surface area contributed by atoms with Crippen LogP contribution in [0.5, 0.6) is 0 Å². The monoisotopic (exact) mass is 355 g/mol. The van der Waals surface area contributed by atoms with Gasteiger partial charge in [-0.2, -0.15) is 4.98 Å². The summed E-state index contributed by atoms with van der Waals surface area (Å²) in [6, 6.07) is 0. The molecule has 0 spiro atoms. The number of rotatable bonds is 2. The molecule has 0 saturated carbocycles. The van der Waals surface area contributed by atoms with Crippen molar-refractivity contribution in [3.63, 3.8) is 0 Å². The highest BCUT2D eigenvalue weighted by atomic mass is 16.5. The van der Waals surface area contributed by atoms with Gasteiger partial charge in [-0.1, -0.05) is 5.16 Å². The van der Waals surface area contributed by atoms with Gasteiger partial charge in [-0.3, -0.25) is 9.78 Å². The summed E-state index contributed by atoms with van der Waals surface area (Å²) < 4.78 is 5.16. The summed E-state index contributed by atoms with van der Waals surface area (Å²) in [5.74, 6) is 1.58. The largest absolute Gasteiger partial charge is 0.339 e. The smallest absolute Gasteiger partial charge is 0.226 e. The Morgan fingerprint density at radius 1 is 1.31 bits per heavy atom. The predicted molar refractivity (Wildman–Crippen MR) is 96.3 cm³/mol. The zero-order valence-corrected chi connectivity index (χ0v) is 15.4. The normalized spacial score (nSPS) is 20.5. The summed E-state index contributed by atoms with van der Waals surface area (Å²) >= 11 is 0. The van der Waals surface area contributed by atoms with E-state index in [0.717, 1.165) is 62.1 Å². The number of aromatic nitrogens is 3. The number of aryl methyl sites for hydroxylation is 2. The molecule has 0 aromatic carbocycles. The molecule has 1 atom stereocenters. The molecule has 2 aromatic heterocycles. The molecular weight excluding hydrogens is 330 g/mol. The molecule has 4 heterocycles. The van der Waals surface area contributed by atoms with Crippen LogP contribution in [0.3, 0.4) is 0 Å². The van der Waals surface area contributed by atoms with Gasteiger partial charge in [-0.25, -0.2) is 0 Å². The van der Waals surface area contributed by atoms with Crippen molar-refractivity contribution < 1.29 is 9.32 Å². The van der Waals surface area contributed by atoms with Crippen LogP contribution in [0.4, 0.5) is 0 Å². The first-order valence-corrected chi connectivity index (χ1v) is 9.41. The first-order valence-electron chi connectivity index (χ1n) is 9.41. The van der Waals surface area contributed by atoms with Gasteiger partial charge < -0.3 is 14.7 Å². The van der Waals surface area contributed by atoms with Crippen molar-refractivity contribution in [3.05, 3.63) is 28.9 Å². The molecule has 1 unspecified atom stereocenters. The fourth-order valence-electron chi connectivity index (χ4n) is 4.06. The molecule has 0 radical (unpaired) electrons. The van der Waals surface area contributed by atoms with E-state index < -0.39 is 0 Å². The van der Waals surface area contributed by atoms with Gasteiger partial charge in [0.25, 0.3) is 0 Å². The van der Waals surface area contributed by atoms with Crippen LogP contribution in [0.1, 0.15) is 42.0 Å². The Hall–Kier alpha value is -2.28. The van der Waals surface area contributed by atoms with Crippen molar-refractivity contribution in [1.29, 1.82) is 0 Å². The molecule has 4 rings (SSSR count). The summed E-state index contributed by atoms with van der Waals surface area (Å²) in [7, 11) is 0. The highest BCUT2D eigenvalue weighted by molar-refractivity contribution is 5.79. The van der Waals surface area contributed by atoms with Crippen LogP contribution >= 0.6 is 0 Å². The number of pyridine rings is 1. The van der Waals surface area contributed by atoms with Crippen LogP contribution in [0, 0.1) is 19.8 Å². The summed E-state index contributed by atoms with van der Waals surface area (Å²) in [5.41, 5.74) is 4.16. The van der Waals surface area contributed by atoms with Crippen LogP contribution < -0.4 is 5.32 Å². The average molecular weight is 355 g/mol. The van der Waals surface area contributed by atoms with Gasteiger partial charge in [0.1, 0.15) is 0 Å². The lowest BCUT2D eigenvalue weighted by Crippen LogP contribution is -2.40. The lowest BCUT2D eigenvalue weighted by molar-refractivity contribution is -0.136. The maximum absolute atomic E-state index is 13.0. The van der Waals surface area contributed by atoms with Crippen molar-refractivity contribution in [2.24, 2.45) is 5.92 Å². The Morgan fingerprint density at radius 3 is 3.00 bits per heavy atom. The fraction of sp³-hybridized carbons (Fsp3) is 0.579. The topological polar surface area (TPSA) is 84.2 Å². The SMILES string of the molecule is Cc1nc(-c2c(C)ncc3c2CCN(C(=O)C2CCCNCC2)C3)no1. The van der Waals surface area contributed by atoms with Gasteiger partial charge in [0.15, 0.2) is 0 Å². The van der Waals surface area contributed by atoms with Gasteiger partial charge in [0, 0.05) is 43.4 Å². The van der Waals surface area contributed by atoms with Crippen molar-refractivity contribution >= 4 is 5.91 Å². The average Bonchev–Trinajstić information content (AvgIpc) is 2.91. The molecule has 7 nitrogen and oxygen atoms in total. The second-order valence-corrected chi connectivity index (χ2v) is 7.25. The Labute approximate surface area is 153 Å². The number of carbonyl (C=O) groups excluding carboxylic acids is 1. The molecular formula is C19H25N5O2. The number of fused-ring (bicyclic) bond motifs is 1. The standard InChI is InChI=1S/C19H25N5O2/c1-12-17(18-22-13(2)26-23-18)16-6-9-24(11-15(16)10-21-12)19(25)14-4-3-7-20-8-5-14/h10,14,20H,3-9,11H2,1-2H3. The summed E-state index contributed by atoms with van der Waals surface area (Å²) in [5, 5.41) is 7.46. The highest BCUT2D eigenvalue weighted by Gasteiger charge is 2.30. The molecule has 26 heavy (non-hydrogen) atoms.